The Morgan fingerprint density at radius 1 is 1.28 bits per heavy atom. The van der Waals surface area contributed by atoms with Crippen molar-refractivity contribution in [2.45, 2.75) is 70.3 Å². The lowest BCUT2D eigenvalue weighted by Crippen LogP contribution is -2.23. The van der Waals surface area contributed by atoms with Gasteiger partial charge in [-0.2, -0.15) is 0 Å². The van der Waals surface area contributed by atoms with Gasteiger partial charge < -0.3 is 4.74 Å². The van der Waals surface area contributed by atoms with Crippen LogP contribution < -0.4 is 0 Å². The smallest absolute Gasteiger partial charge is 0.335 e. The monoisotopic (exact) mass is 248 g/mol. The summed E-state index contributed by atoms with van der Waals surface area (Å²) < 4.78 is 5.55. The molecule has 0 N–H and O–H groups in total. The van der Waals surface area contributed by atoms with Crippen molar-refractivity contribution in [2.75, 3.05) is 0 Å². The molecule has 18 heavy (non-hydrogen) atoms. The molecule has 2 heteroatoms. The lowest BCUT2D eigenvalue weighted by atomic mass is 10.0. The van der Waals surface area contributed by atoms with E-state index in [0.717, 1.165) is 31.3 Å². The molecule has 2 nitrogen and oxygen atoms in total. The Bertz CT molecular complexity index is 346. The molecule has 0 radical (unpaired) electrons. The highest BCUT2D eigenvalue weighted by Crippen LogP contribution is 2.40. The number of hydrogen-bond donors (Lipinski definition) is 0. The van der Waals surface area contributed by atoms with Crippen LogP contribution in [0, 0.1) is 0 Å². The average molecular weight is 248 g/mol. The Labute approximate surface area is 110 Å². The fourth-order valence-corrected chi connectivity index (χ4v) is 2.86. The molecule has 0 unspecified atom stereocenters. The van der Waals surface area contributed by atoms with Gasteiger partial charge in [0.15, 0.2) is 0 Å². The summed E-state index contributed by atoms with van der Waals surface area (Å²) in [5.41, 5.74) is 0.645. The van der Waals surface area contributed by atoms with E-state index in [4.69, 9.17) is 4.74 Å². The van der Waals surface area contributed by atoms with E-state index >= 15 is 0 Å². The number of carbonyl (C=O) groups is 1. The van der Waals surface area contributed by atoms with Crippen LogP contribution in [0.1, 0.15) is 64.7 Å². The number of esters is 1. The van der Waals surface area contributed by atoms with Gasteiger partial charge in [-0.1, -0.05) is 31.9 Å². The van der Waals surface area contributed by atoms with Crippen LogP contribution in [0.5, 0.6) is 0 Å². The summed E-state index contributed by atoms with van der Waals surface area (Å²) >= 11 is 0. The molecule has 0 aromatic carbocycles. The molecule has 0 aromatic rings. The molecule has 1 aliphatic carbocycles. The molecule has 0 saturated heterocycles. The maximum atomic E-state index is 11.8. The second-order valence-corrected chi connectivity index (χ2v) is 5.50. The first-order valence-electron chi connectivity index (χ1n) is 7.36. The van der Waals surface area contributed by atoms with Crippen molar-refractivity contribution in [1.29, 1.82) is 0 Å². The number of rotatable bonds is 6. The molecular weight excluding hydrogens is 224 g/mol. The third kappa shape index (κ3) is 3.24. The van der Waals surface area contributed by atoms with Gasteiger partial charge in [0.1, 0.15) is 5.60 Å². The Balaban J connectivity index is 1.80. The van der Waals surface area contributed by atoms with Crippen LogP contribution >= 0.6 is 0 Å². The minimum atomic E-state index is -0.220. The van der Waals surface area contributed by atoms with E-state index in [1.54, 1.807) is 0 Å². The topological polar surface area (TPSA) is 26.3 Å². The van der Waals surface area contributed by atoms with Crippen LogP contribution in [0.2, 0.25) is 0 Å². The van der Waals surface area contributed by atoms with E-state index in [9.17, 15) is 4.79 Å². The third-order valence-corrected chi connectivity index (χ3v) is 3.92. The lowest BCUT2D eigenvalue weighted by molar-refractivity contribution is -0.146. The number of carbonyl (C=O) groups excluding carboxylic acids is 1. The molecule has 1 fully saturated rings. The zero-order chi connectivity index (χ0) is 12.8. The molecule has 2 aliphatic rings. The van der Waals surface area contributed by atoms with Crippen molar-refractivity contribution < 1.29 is 9.53 Å². The predicted octanol–water partition coefficient (Wildman–Crippen LogP) is 4.31. The summed E-state index contributed by atoms with van der Waals surface area (Å²) in [5, 5.41) is 0. The van der Waals surface area contributed by atoms with Gasteiger partial charge in [-0.15, -0.1) is 0 Å². The highest BCUT2D eigenvalue weighted by atomic mass is 16.6. The second-order valence-electron chi connectivity index (χ2n) is 5.50. The molecule has 1 heterocycles. The Morgan fingerprint density at radius 3 is 2.78 bits per heavy atom. The maximum Gasteiger partial charge on any atom is 0.335 e. The Hall–Kier alpha value is -1.05. The molecule has 0 aromatic heterocycles. The van der Waals surface area contributed by atoms with Crippen LogP contribution in [-0.2, 0) is 9.53 Å². The van der Waals surface area contributed by atoms with Gasteiger partial charge in [-0.05, 0) is 51.0 Å². The highest BCUT2D eigenvalue weighted by molar-refractivity contribution is 5.91. The average Bonchev–Trinajstić information content (AvgIpc) is 2.92. The van der Waals surface area contributed by atoms with Gasteiger partial charge in [0, 0.05) is 5.57 Å². The predicted molar refractivity (Wildman–Crippen MR) is 73.3 cm³/mol. The van der Waals surface area contributed by atoms with E-state index < -0.39 is 0 Å². The standard InChI is InChI=1S/C16H24O2/c1-2-3-4-5-6-7-10-14-13-16(18-15(14)17)11-8-9-12-16/h6-7,13H,2-5,8-12H2,1H3/b7-6+. The quantitative estimate of drug-likeness (QED) is 0.398. The van der Waals surface area contributed by atoms with Crippen molar-refractivity contribution in [3.63, 3.8) is 0 Å². The van der Waals surface area contributed by atoms with Crippen LogP contribution in [0.15, 0.2) is 23.8 Å². The molecule has 0 bridgehead atoms. The van der Waals surface area contributed by atoms with Crippen molar-refractivity contribution in [2.24, 2.45) is 0 Å². The van der Waals surface area contributed by atoms with E-state index in [1.165, 1.54) is 32.1 Å². The van der Waals surface area contributed by atoms with Gasteiger partial charge in [0.2, 0.25) is 0 Å². The van der Waals surface area contributed by atoms with Gasteiger partial charge in [-0.25, -0.2) is 4.79 Å². The van der Waals surface area contributed by atoms with Gasteiger partial charge >= 0.3 is 5.97 Å². The van der Waals surface area contributed by atoms with Crippen molar-refractivity contribution in [1.82, 2.24) is 0 Å². The van der Waals surface area contributed by atoms with Crippen molar-refractivity contribution in [3.05, 3.63) is 23.8 Å². The molecule has 1 saturated carbocycles. The number of allylic oxidation sites excluding steroid dienone is 2. The van der Waals surface area contributed by atoms with Crippen LogP contribution in [0.25, 0.3) is 0 Å². The summed E-state index contributed by atoms with van der Waals surface area (Å²) in [6.45, 7) is 2.21. The van der Waals surface area contributed by atoms with Gasteiger partial charge in [-0.3, -0.25) is 0 Å². The van der Waals surface area contributed by atoms with E-state index in [0.29, 0.717) is 0 Å². The Morgan fingerprint density at radius 2 is 2.06 bits per heavy atom. The van der Waals surface area contributed by atoms with E-state index in [2.05, 4.69) is 25.2 Å². The van der Waals surface area contributed by atoms with Crippen LogP contribution in [-0.4, -0.2) is 11.6 Å². The summed E-state index contributed by atoms with van der Waals surface area (Å²) in [4.78, 5) is 11.8. The van der Waals surface area contributed by atoms with Crippen molar-refractivity contribution >= 4 is 5.97 Å². The molecule has 2 rings (SSSR count). The Kier molecular flexibility index (Phi) is 4.62. The highest BCUT2D eigenvalue weighted by Gasteiger charge is 2.41. The van der Waals surface area contributed by atoms with Gasteiger partial charge in [0.25, 0.3) is 0 Å². The zero-order valence-electron chi connectivity index (χ0n) is 11.4. The SMILES string of the molecule is CCCCC/C=C/CC1=CC2(CCCC2)OC1=O. The van der Waals surface area contributed by atoms with Gasteiger partial charge in [0.05, 0.1) is 0 Å². The zero-order valence-corrected chi connectivity index (χ0v) is 11.4. The molecule has 0 atom stereocenters. The summed E-state index contributed by atoms with van der Waals surface area (Å²) in [6.07, 6.45) is 16.5. The second kappa shape index (κ2) is 6.21. The number of hydrogen-bond acceptors (Lipinski definition) is 2. The first-order valence-corrected chi connectivity index (χ1v) is 7.36. The largest absolute Gasteiger partial charge is 0.451 e. The fraction of sp³-hybridized carbons (Fsp3) is 0.688. The summed E-state index contributed by atoms with van der Waals surface area (Å²) in [6, 6.07) is 0. The minimum absolute atomic E-state index is 0.0879. The molecule has 0 amide bonds. The first kappa shape index (κ1) is 13.4. The maximum absolute atomic E-state index is 11.8. The van der Waals surface area contributed by atoms with Crippen molar-refractivity contribution in [3.8, 4) is 0 Å². The first-order chi connectivity index (χ1) is 8.76. The minimum Gasteiger partial charge on any atom is -0.451 e. The number of ether oxygens (including phenoxy) is 1. The van der Waals surface area contributed by atoms with E-state index in [1.807, 2.05) is 0 Å². The summed E-state index contributed by atoms with van der Waals surface area (Å²) in [5.74, 6) is -0.0879. The third-order valence-electron chi connectivity index (χ3n) is 3.92. The lowest BCUT2D eigenvalue weighted by Gasteiger charge is -2.18. The molecular formula is C16H24O2. The number of unbranched alkanes of at least 4 members (excludes halogenated alkanes) is 3. The molecule has 1 aliphatic heterocycles. The van der Waals surface area contributed by atoms with E-state index in [-0.39, 0.29) is 11.6 Å². The molecule has 100 valence electrons. The fourth-order valence-electron chi connectivity index (χ4n) is 2.86. The van der Waals surface area contributed by atoms with Crippen LogP contribution in [0.3, 0.4) is 0 Å². The van der Waals surface area contributed by atoms with Crippen LogP contribution in [0.4, 0.5) is 0 Å². The molecule has 1 spiro atoms. The normalized spacial score (nSPS) is 21.8. The summed E-state index contributed by atoms with van der Waals surface area (Å²) in [7, 11) is 0.